The van der Waals surface area contributed by atoms with Crippen LogP contribution in [0, 0.1) is 5.92 Å². The third-order valence-corrected chi connectivity index (χ3v) is 4.30. The summed E-state index contributed by atoms with van der Waals surface area (Å²) < 4.78 is 0. The molecule has 1 atom stereocenters. The Morgan fingerprint density at radius 2 is 2.05 bits per heavy atom. The first-order chi connectivity index (χ1) is 9.58. The zero-order valence-electron chi connectivity index (χ0n) is 12.4. The van der Waals surface area contributed by atoms with Crippen molar-refractivity contribution < 1.29 is 4.79 Å². The Morgan fingerprint density at radius 1 is 1.40 bits per heavy atom. The molecule has 1 aliphatic carbocycles. The molecule has 1 saturated carbocycles. The summed E-state index contributed by atoms with van der Waals surface area (Å²) in [5.74, 6) is 0.165. The smallest absolute Gasteiger partial charge is 0.239 e. The van der Waals surface area contributed by atoms with Crippen LogP contribution in [0.1, 0.15) is 18.4 Å². The minimum Gasteiger partial charge on any atom is -0.368 e. The Labute approximate surface area is 121 Å². The lowest BCUT2D eigenvalue weighted by molar-refractivity contribution is -0.125. The van der Waals surface area contributed by atoms with Gasteiger partial charge in [0.2, 0.25) is 5.91 Å². The summed E-state index contributed by atoms with van der Waals surface area (Å²) in [5, 5.41) is 3.19. The standard InChI is InChI=1S/C16H25N3O/c1-18-16(15(17)20,14-8-9-14)12-19(2)11-10-13-6-4-3-5-7-13/h3-7,14,18H,8-12H2,1-2H3,(H2,17,20). The maximum atomic E-state index is 11.9. The molecule has 1 fully saturated rings. The first-order valence-electron chi connectivity index (χ1n) is 7.30. The van der Waals surface area contributed by atoms with E-state index in [0.29, 0.717) is 12.5 Å². The molecule has 0 bridgehead atoms. The minimum absolute atomic E-state index is 0.228. The summed E-state index contributed by atoms with van der Waals surface area (Å²) in [6, 6.07) is 10.4. The number of likely N-dealkylation sites (N-methyl/N-ethyl adjacent to an activating group) is 2. The third-order valence-electron chi connectivity index (χ3n) is 4.30. The number of nitrogens with one attached hydrogen (secondary N) is 1. The van der Waals surface area contributed by atoms with E-state index in [1.165, 1.54) is 5.56 Å². The van der Waals surface area contributed by atoms with E-state index in [1.807, 2.05) is 13.1 Å². The highest BCUT2D eigenvalue weighted by Crippen LogP contribution is 2.39. The number of carbonyl (C=O) groups excluding carboxylic acids is 1. The van der Waals surface area contributed by atoms with Crippen molar-refractivity contribution in [3.63, 3.8) is 0 Å². The van der Waals surface area contributed by atoms with E-state index in [0.717, 1.165) is 25.8 Å². The van der Waals surface area contributed by atoms with Crippen molar-refractivity contribution >= 4 is 5.91 Å². The van der Waals surface area contributed by atoms with Crippen molar-refractivity contribution in [2.75, 3.05) is 27.2 Å². The molecule has 0 saturated heterocycles. The highest BCUT2D eigenvalue weighted by atomic mass is 16.1. The number of rotatable bonds is 8. The van der Waals surface area contributed by atoms with E-state index in [4.69, 9.17) is 5.73 Å². The number of amides is 1. The molecule has 1 amide bonds. The zero-order chi connectivity index (χ0) is 14.6. The van der Waals surface area contributed by atoms with Gasteiger partial charge in [-0.25, -0.2) is 0 Å². The van der Waals surface area contributed by atoms with Crippen LogP contribution in [-0.4, -0.2) is 43.5 Å². The number of nitrogens with zero attached hydrogens (tertiary/aromatic N) is 1. The molecule has 0 heterocycles. The lowest BCUT2D eigenvalue weighted by atomic mass is 9.91. The van der Waals surface area contributed by atoms with Crippen LogP contribution in [0.25, 0.3) is 0 Å². The fourth-order valence-corrected chi connectivity index (χ4v) is 2.86. The van der Waals surface area contributed by atoms with Gasteiger partial charge < -0.3 is 16.0 Å². The number of hydrogen-bond acceptors (Lipinski definition) is 3. The van der Waals surface area contributed by atoms with Crippen molar-refractivity contribution in [3.8, 4) is 0 Å². The van der Waals surface area contributed by atoms with Crippen LogP contribution in [-0.2, 0) is 11.2 Å². The number of benzene rings is 1. The Bertz CT molecular complexity index is 444. The van der Waals surface area contributed by atoms with Crippen LogP contribution in [0.5, 0.6) is 0 Å². The van der Waals surface area contributed by atoms with Crippen LogP contribution in [0.2, 0.25) is 0 Å². The van der Waals surface area contributed by atoms with Gasteiger partial charge in [0.1, 0.15) is 5.54 Å². The van der Waals surface area contributed by atoms with Crippen LogP contribution < -0.4 is 11.1 Å². The number of hydrogen-bond donors (Lipinski definition) is 2. The number of nitrogens with two attached hydrogens (primary N) is 1. The monoisotopic (exact) mass is 275 g/mol. The Hall–Kier alpha value is -1.39. The van der Waals surface area contributed by atoms with Crippen molar-refractivity contribution in [1.82, 2.24) is 10.2 Å². The first-order valence-corrected chi connectivity index (χ1v) is 7.30. The largest absolute Gasteiger partial charge is 0.368 e. The summed E-state index contributed by atoms with van der Waals surface area (Å²) in [6.45, 7) is 1.60. The molecule has 0 aromatic heterocycles. The Kier molecular flexibility index (Phi) is 4.78. The van der Waals surface area contributed by atoms with Gasteiger partial charge in [-0.15, -0.1) is 0 Å². The maximum absolute atomic E-state index is 11.9. The Morgan fingerprint density at radius 3 is 2.55 bits per heavy atom. The molecule has 4 nitrogen and oxygen atoms in total. The normalized spacial score (nSPS) is 17.9. The second kappa shape index (κ2) is 6.37. The van der Waals surface area contributed by atoms with Crippen molar-refractivity contribution in [2.45, 2.75) is 24.8 Å². The molecule has 0 aliphatic heterocycles. The average Bonchev–Trinajstić information content (AvgIpc) is 3.28. The topological polar surface area (TPSA) is 58.4 Å². The molecule has 0 spiro atoms. The molecule has 0 radical (unpaired) electrons. The molecule has 20 heavy (non-hydrogen) atoms. The second-order valence-electron chi connectivity index (χ2n) is 5.83. The predicted octanol–water partition coefficient (Wildman–Crippen LogP) is 1.01. The molecule has 3 N–H and O–H groups in total. The molecule has 2 rings (SSSR count). The quantitative estimate of drug-likeness (QED) is 0.744. The Balaban J connectivity index is 1.92. The van der Waals surface area contributed by atoms with Crippen molar-refractivity contribution in [2.24, 2.45) is 11.7 Å². The number of primary amides is 1. The third kappa shape index (κ3) is 3.38. The molecular formula is C16H25N3O. The van der Waals surface area contributed by atoms with Gasteiger partial charge in [0.05, 0.1) is 0 Å². The van der Waals surface area contributed by atoms with Gasteiger partial charge >= 0.3 is 0 Å². The van der Waals surface area contributed by atoms with E-state index in [2.05, 4.69) is 41.5 Å². The predicted molar refractivity (Wildman–Crippen MR) is 81.4 cm³/mol. The summed E-state index contributed by atoms with van der Waals surface area (Å²) in [6.07, 6.45) is 3.17. The van der Waals surface area contributed by atoms with Crippen molar-refractivity contribution in [1.29, 1.82) is 0 Å². The van der Waals surface area contributed by atoms with Crippen LogP contribution in [0.4, 0.5) is 0 Å². The zero-order valence-corrected chi connectivity index (χ0v) is 12.4. The van der Waals surface area contributed by atoms with E-state index in [9.17, 15) is 4.79 Å². The molecule has 1 aromatic carbocycles. The fourth-order valence-electron chi connectivity index (χ4n) is 2.86. The molecular weight excluding hydrogens is 250 g/mol. The molecule has 1 aromatic rings. The maximum Gasteiger partial charge on any atom is 0.239 e. The van der Waals surface area contributed by atoms with Crippen LogP contribution >= 0.6 is 0 Å². The molecule has 1 unspecified atom stereocenters. The highest BCUT2D eigenvalue weighted by Gasteiger charge is 2.49. The second-order valence-corrected chi connectivity index (χ2v) is 5.83. The van der Waals surface area contributed by atoms with E-state index in [-0.39, 0.29) is 5.91 Å². The SMILES string of the molecule is CNC(CN(C)CCc1ccccc1)(C(N)=O)C1CC1. The van der Waals surface area contributed by atoms with Gasteiger partial charge in [0.15, 0.2) is 0 Å². The summed E-state index contributed by atoms with van der Waals surface area (Å²) in [7, 11) is 3.90. The van der Waals surface area contributed by atoms with E-state index >= 15 is 0 Å². The van der Waals surface area contributed by atoms with Gasteiger partial charge in [-0.3, -0.25) is 4.79 Å². The fraction of sp³-hybridized carbons (Fsp3) is 0.562. The molecule has 4 heteroatoms. The van der Waals surface area contributed by atoms with Gasteiger partial charge in [-0.2, -0.15) is 0 Å². The van der Waals surface area contributed by atoms with E-state index < -0.39 is 5.54 Å². The summed E-state index contributed by atoms with van der Waals surface area (Å²) in [4.78, 5) is 14.1. The minimum atomic E-state index is -0.564. The van der Waals surface area contributed by atoms with Gasteiger partial charge in [0, 0.05) is 13.1 Å². The summed E-state index contributed by atoms with van der Waals surface area (Å²) in [5.41, 5.74) is 6.41. The van der Waals surface area contributed by atoms with Crippen molar-refractivity contribution in [3.05, 3.63) is 35.9 Å². The van der Waals surface area contributed by atoms with Gasteiger partial charge in [-0.05, 0) is 44.8 Å². The van der Waals surface area contributed by atoms with Gasteiger partial charge in [0.25, 0.3) is 0 Å². The van der Waals surface area contributed by atoms with E-state index in [1.54, 1.807) is 0 Å². The lowest BCUT2D eigenvalue weighted by Crippen LogP contribution is -2.61. The first kappa shape index (κ1) is 15.0. The lowest BCUT2D eigenvalue weighted by Gasteiger charge is -2.34. The molecule has 110 valence electrons. The van der Waals surface area contributed by atoms with Crippen LogP contribution in [0.3, 0.4) is 0 Å². The average molecular weight is 275 g/mol. The molecule has 1 aliphatic rings. The number of carbonyl (C=O) groups is 1. The van der Waals surface area contributed by atoms with Gasteiger partial charge in [-0.1, -0.05) is 30.3 Å². The highest BCUT2D eigenvalue weighted by molar-refractivity contribution is 5.85. The summed E-state index contributed by atoms with van der Waals surface area (Å²) >= 11 is 0. The van der Waals surface area contributed by atoms with Crippen LogP contribution in [0.15, 0.2) is 30.3 Å².